The average molecular weight is 359 g/mol. The zero-order valence-corrected chi connectivity index (χ0v) is 13.7. The Morgan fingerprint density at radius 1 is 1.18 bits per heavy atom. The fourth-order valence-electron chi connectivity index (χ4n) is 3.81. The fourth-order valence-corrected chi connectivity index (χ4v) is 4.21. The molecule has 2 fully saturated rings. The van der Waals surface area contributed by atoms with Crippen LogP contribution in [0.15, 0.2) is 39.9 Å². The number of hydrogen-bond donors (Lipinski definition) is 0. The lowest BCUT2D eigenvalue weighted by Crippen LogP contribution is -2.28. The van der Waals surface area contributed by atoms with Crippen molar-refractivity contribution in [3.05, 3.63) is 46.0 Å². The summed E-state index contributed by atoms with van der Waals surface area (Å²) in [5, 5.41) is 5.24. The highest BCUT2D eigenvalue weighted by Gasteiger charge is 2.59. The topological polar surface area (TPSA) is 49.7 Å². The molecule has 112 valence electrons. The van der Waals surface area contributed by atoms with Gasteiger partial charge in [-0.1, -0.05) is 40.2 Å². The Balaban J connectivity index is 1.59. The molecule has 1 aliphatic heterocycles. The molecule has 0 radical (unpaired) electrons. The second-order valence-electron chi connectivity index (χ2n) is 6.24. The van der Waals surface area contributed by atoms with Crippen molar-refractivity contribution in [2.75, 3.05) is 0 Å². The van der Waals surface area contributed by atoms with Crippen LogP contribution in [0.1, 0.15) is 17.5 Å². The molecular formula is C17H15BrN2O2. The molecule has 4 atom stereocenters. The predicted molar refractivity (Wildman–Crippen MR) is 86.0 cm³/mol. The molecular weight excluding hydrogens is 344 g/mol. The fraction of sp³-hybridized carbons (Fsp3) is 0.353. The van der Waals surface area contributed by atoms with Gasteiger partial charge in [0, 0.05) is 4.47 Å². The van der Waals surface area contributed by atoms with Crippen LogP contribution >= 0.6 is 15.9 Å². The van der Waals surface area contributed by atoms with Gasteiger partial charge in [-0.2, -0.15) is 10.1 Å². The molecule has 2 aliphatic carbocycles. The minimum atomic E-state index is -0.190. The van der Waals surface area contributed by atoms with E-state index < -0.39 is 0 Å². The molecule has 4 rings (SSSR count). The van der Waals surface area contributed by atoms with Crippen LogP contribution in [-0.4, -0.2) is 23.0 Å². The number of rotatable bonds is 2. The first-order valence-corrected chi connectivity index (χ1v) is 8.22. The van der Waals surface area contributed by atoms with Crippen molar-refractivity contribution in [1.29, 1.82) is 0 Å². The number of aryl methyl sites for hydroxylation is 1. The van der Waals surface area contributed by atoms with Gasteiger partial charge < -0.3 is 0 Å². The summed E-state index contributed by atoms with van der Waals surface area (Å²) in [5.41, 5.74) is 1.99. The normalized spacial score (nSPS) is 32.5. The molecule has 4 nitrogen and oxygen atoms in total. The van der Waals surface area contributed by atoms with Crippen molar-refractivity contribution < 1.29 is 9.59 Å². The minimum Gasteiger partial charge on any atom is -0.272 e. The van der Waals surface area contributed by atoms with E-state index in [2.05, 4.69) is 33.2 Å². The Hall–Kier alpha value is -1.75. The van der Waals surface area contributed by atoms with Crippen LogP contribution in [0.2, 0.25) is 0 Å². The number of fused-ring (bicyclic) bond motifs is 5. The Morgan fingerprint density at radius 2 is 1.82 bits per heavy atom. The number of hydrazone groups is 1. The maximum Gasteiger partial charge on any atom is 0.254 e. The molecule has 5 heteroatoms. The highest BCUT2D eigenvalue weighted by atomic mass is 79.9. The number of carbonyl (C=O) groups excluding carboxylic acids is 2. The zero-order chi connectivity index (χ0) is 15.4. The Morgan fingerprint density at radius 3 is 2.41 bits per heavy atom. The third-order valence-electron chi connectivity index (χ3n) is 4.97. The molecule has 1 saturated heterocycles. The lowest BCUT2D eigenvalue weighted by molar-refractivity contribution is -0.140. The van der Waals surface area contributed by atoms with E-state index >= 15 is 0 Å². The van der Waals surface area contributed by atoms with Crippen LogP contribution in [0.5, 0.6) is 0 Å². The number of hydrogen-bond acceptors (Lipinski definition) is 3. The summed E-state index contributed by atoms with van der Waals surface area (Å²) < 4.78 is 0.981. The van der Waals surface area contributed by atoms with Gasteiger partial charge in [0.2, 0.25) is 0 Å². The standard InChI is InChI=1S/C17H15BrN2O2/c1-9-2-3-10(6-13(9)18)8-19-20-16(21)14-11-4-5-12(7-11)15(14)17(20)22/h2-6,8,11-12,14-15H,7H2,1H3/b19-8-/t11-,12+,14-,15-/m0/s1. The van der Waals surface area contributed by atoms with Crippen LogP contribution in [0.4, 0.5) is 0 Å². The van der Waals surface area contributed by atoms with E-state index in [0.29, 0.717) is 0 Å². The Bertz CT molecular complexity index is 710. The molecule has 1 aromatic rings. The number of carbonyl (C=O) groups is 2. The third-order valence-corrected chi connectivity index (χ3v) is 5.82. The molecule has 2 bridgehead atoms. The number of amides is 2. The van der Waals surface area contributed by atoms with Crippen molar-refractivity contribution in [2.24, 2.45) is 28.8 Å². The molecule has 1 saturated carbocycles. The lowest BCUT2D eigenvalue weighted by Gasteiger charge is -2.13. The van der Waals surface area contributed by atoms with Crippen molar-refractivity contribution in [2.45, 2.75) is 13.3 Å². The zero-order valence-electron chi connectivity index (χ0n) is 12.1. The minimum absolute atomic E-state index is 0.144. The summed E-state index contributed by atoms with van der Waals surface area (Å²) in [6.07, 6.45) is 6.69. The summed E-state index contributed by atoms with van der Waals surface area (Å²) in [6.45, 7) is 2.00. The lowest BCUT2D eigenvalue weighted by atomic mass is 9.85. The van der Waals surface area contributed by atoms with Crippen LogP contribution in [0, 0.1) is 30.6 Å². The van der Waals surface area contributed by atoms with Crippen molar-refractivity contribution in [3.8, 4) is 0 Å². The smallest absolute Gasteiger partial charge is 0.254 e. The quantitative estimate of drug-likeness (QED) is 0.463. The van der Waals surface area contributed by atoms with Gasteiger partial charge in [0.1, 0.15) is 0 Å². The SMILES string of the molecule is Cc1ccc(/C=N\N2C(=O)[C@@H]3[C@@H](C2=O)[C@H]2C=C[C@@H]3C2)cc1Br. The van der Waals surface area contributed by atoms with E-state index in [0.717, 1.165) is 27.0 Å². The molecule has 0 aromatic heterocycles. The Labute approximate surface area is 137 Å². The maximum atomic E-state index is 12.5. The summed E-state index contributed by atoms with van der Waals surface area (Å²) in [6, 6.07) is 5.81. The molecule has 3 aliphatic rings. The van der Waals surface area contributed by atoms with Crippen LogP contribution in [-0.2, 0) is 9.59 Å². The van der Waals surface area contributed by atoms with Crippen LogP contribution < -0.4 is 0 Å². The summed E-state index contributed by atoms with van der Waals surface area (Å²) in [5.74, 6) is -0.224. The van der Waals surface area contributed by atoms with Crippen LogP contribution in [0.25, 0.3) is 0 Å². The van der Waals surface area contributed by atoms with Gasteiger partial charge >= 0.3 is 0 Å². The molecule has 0 N–H and O–H groups in total. The summed E-state index contributed by atoms with van der Waals surface area (Å²) in [7, 11) is 0. The molecule has 2 amide bonds. The maximum absolute atomic E-state index is 12.5. The second kappa shape index (κ2) is 4.88. The van der Waals surface area contributed by atoms with Gasteiger partial charge in [-0.25, -0.2) is 0 Å². The highest BCUT2D eigenvalue weighted by molar-refractivity contribution is 9.10. The number of benzene rings is 1. The number of allylic oxidation sites excluding steroid dienone is 2. The number of nitrogens with zero attached hydrogens (tertiary/aromatic N) is 2. The van der Waals surface area contributed by atoms with Crippen molar-refractivity contribution in [1.82, 2.24) is 5.01 Å². The van der Waals surface area contributed by atoms with Crippen molar-refractivity contribution >= 4 is 34.0 Å². The van der Waals surface area contributed by atoms with Gasteiger partial charge in [0.05, 0.1) is 18.1 Å². The second-order valence-corrected chi connectivity index (χ2v) is 7.10. The molecule has 1 aromatic carbocycles. The number of halogens is 1. The monoisotopic (exact) mass is 358 g/mol. The van der Waals surface area contributed by atoms with E-state index in [9.17, 15) is 9.59 Å². The number of imide groups is 1. The Kier molecular flexibility index (Phi) is 3.08. The first-order valence-electron chi connectivity index (χ1n) is 7.42. The first-order chi connectivity index (χ1) is 10.6. The van der Waals surface area contributed by atoms with E-state index in [1.165, 1.54) is 0 Å². The first kappa shape index (κ1) is 13.9. The van der Waals surface area contributed by atoms with Gasteiger partial charge in [-0.05, 0) is 42.4 Å². The molecule has 1 heterocycles. The summed E-state index contributed by atoms with van der Waals surface area (Å²) in [4.78, 5) is 25.0. The molecule has 0 unspecified atom stereocenters. The predicted octanol–water partition coefficient (Wildman–Crippen LogP) is 2.90. The van der Waals surface area contributed by atoms with E-state index in [-0.39, 0.29) is 35.5 Å². The van der Waals surface area contributed by atoms with E-state index in [1.54, 1.807) is 6.21 Å². The third kappa shape index (κ3) is 1.92. The van der Waals surface area contributed by atoms with Gasteiger partial charge in [0.15, 0.2) is 0 Å². The van der Waals surface area contributed by atoms with Crippen molar-refractivity contribution in [3.63, 3.8) is 0 Å². The van der Waals surface area contributed by atoms with Gasteiger partial charge in [-0.3, -0.25) is 9.59 Å². The molecule has 22 heavy (non-hydrogen) atoms. The average Bonchev–Trinajstić information content (AvgIpc) is 3.16. The summed E-state index contributed by atoms with van der Waals surface area (Å²) >= 11 is 3.47. The van der Waals surface area contributed by atoms with E-state index in [4.69, 9.17) is 0 Å². The van der Waals surface area contributed by atoms with E-state index in [1.807, 2.05) is 25.1 Å². The molecule has 0 spiro atoms. The largest absolute Gasteiger partial charge is 0.272 e. The highest BCUT2D eigenvalue weighted by Crippen LogP contribution is 2.52. The van der Waals surface area contributed by atoms with Crippen LogP contribution in [0.3, 0.4) is 0 Å². The van der Waals surface area contributed by atoms with Gasteiger partial charge in [-0.15, -0.1) is 0 Å². The van der Waals surface area contributed by atoms with Gasteiger partial charge in [0.25, 0.3) is 11.8 Å².